The zero-order valence-electron chi connectivity index (χ0n) is 12.0. The molecule has 0 spiro atoms. The fourth-order valence-electron chi connectivity index (χ4n) is 2.11. The van der Waals surface area contributed by atoms with Crippen molar-refractivity contribution in [2.45, 2.75) is 38.5 Å². The average molecular weight is 292 g/mol. The highest BCUT2D eigenvalue weighted by Gasteiger charge is 2.13. The maximum atomic E-state index is 11.5. The number of aromatic amines is 1. The van der Waals surface area contributed by atoms with Crippen LogP contribution in [0.15, 0.2) is 28.2 Å². The summed E-state index contributed by atoms with van der Waals surface area (Å²) < 4.78 is 1.61. The molecule has 0 radical (unpaired) electrons. The van der Waals surface area contributed by atoms with E-state index in [-0.39, 0.29) is 11.7 Å². The van der Waals surface area contributed by atoms with E-state index in [4.69, 9.17) is 5.73 Å². The van der Waals surface area contributed by atoms with E-state index in [1.807, 2.05) is 6.92 Å². The van der Waals surface area contributed by atoms with Crippen molar-refractivity contribution in [2.24, 2.45) is 5.73 Å². The van der Waals surface area contributed by atoms with Gasteiger partial charge >= 0.3 is 5.69 Å². The Morgan fingerprint density at radius 1 is 1.45 bits per heavy atom. The number of rotatable bonds is 5. The highest BCUT2D eigenvalue weighted by Crippen LogP contribution is 2.24. The van der Waals surface area contributed by atoms with Crippen molar-refractivity contribution < 1.29 is 0 Å². The lowest BCUT2D eigenvalue weighted by atomic mass is 10.0. The van der Waals surface area contributed by atoms with Crippen molar-refractivity contribution in [1.29, 1.82) is 0 Å². The van der Waals surface area contributed by atoms with E-state index in [1.165, 1.54) is 22.9 Å². The Morgan fingerprint density at radius 2 is 2.20 bits per heavy atom. The van der Waals surface area contributed by atoms with Crippen LogP contribution in [0.2, 0.25) is 0 Å². The number of aromatic nitrogens is 3. The number of aryl methyl sites for hydroxylation is 2. The molecule has 0 saturated carbocycles. The fraction of sp³-hybridized carbons (Fsp3) is 0.429. The molecule has 1 aromatic heterocycles. The van der Waals surface area contributed by atoms with E-state index < -0.39 is 0 Å². The van der Waals surface area contributed by atoms with Gasteiger partial charge in [-0.2, -0.15) is 0 Å². The van der Waals surface area contributed by atoms with Gasteiger partial charge in [0.25, 0.3) is 0 Å². The third-order valence-corrected chi connectivity index (χ3v) is 4.36. The third kappa shape index (κ3) is 3.13. The van der Waals surface area contributed by atoms with Crippen molar-refractivity contribution in [2.75, 3.05) is 5.75 Å². The zero-order valence-corrected chi connectivity index (χ0v) is 12.8. The molecule has 0 aliphatic rings. The molecule has 0 amide bonds. The van der Waals surface area contributed by atoms with E-state index in [2.05, 4.69) is 42.2 Å². The fourth-order valence-corrected chi connectivity index (χ4v) is 3.09. The molecule has 6 heteroatoms. The lowest BCUT2D eigenvalue weighted by Gasteiger charge is -2.15. The first-order chi connectivity index (χ1) is 9.52. The molecule has 0 fully saturated rings. The van der Waals surface area contributed by atoms with Gasteiger partial charge in [0.2, 0.25) is 0 Å². The molecular formula is C14H20N4OS. The van der Waals surface area contributed by atoms with Gasteiger partial charge in [-0.3, -0.25) is 4.57 Å². The number of hydrogen-bond acceptors (Lipinski definition) is 4. The summed E-state index contributed by atoms with van der Waals surface area (Å²) in [5.74, 6) is 0.689. The van der Waals surface area contributed by atoms with Crippen molar-refractivity contribution in [1.82, 2.24) is 14.8 Å². The Morgan fingerprint density at radius 3 is 2.90 bits per heavy atom. The Hall–Kier alpha value is -1.53. The van der Waals surface area contributed by atoms with Crippen LogP contribution in [-0.4, -0.2) is 20.5 Å². The smallest absolute Gasteiger partial charge is 0.323 e. The lowest BCUT2D eigenvalue weighted by molar-refractivity contribution is 0.659. The molecule has 108 valence electrons. The number of nitrogens with one attached hydrogen (secondary N) is 1. The number of benzene rings is 1. The van der Waals surface area contributed by atoms with E-state index in [9.17, 15) is 4.79 Å². The topological polar surface area (TPSA) is 76.7 Å². The van der Waals surface area contributed by atoms with E-state index >= 15 is 0 Å². The van der Waals surface area contributed by atoms with Gasteiger partial charge in [-0.1, -0.05) is 35.5 Å². The molecular weight excluding hydrogens is 272 g/mol. The molecule has 3 N–H and O–H groups in total. The summed E-state index contributed by atoms with van der Waals surface area (Å²) in [4.78, 5) is 11.5. The molecule has 1 atom stereocenters. The van der Waals surface area contributed by atoms with Crippen LogP contribution in [0.5, 0.6) is 0 Å². The number of nitrogens with zero attached hydrogens (tertiary/aromatic N) is 2. The van der Waals surface area contributed by atoms with Gasteiger partial charge in [0.15, 0.2) is 5.16 Å². The predicted molar refractivity (Wildman–Crippen MR) is 82.1 cm³/mol. The van der Waals surface area contributed by atoms with Crippen molar-refractivity contribution in [3.8, 4) is 0 Å². The highest BCUT2D eigenvalue weighted by molar-refractivity contribution is 7.99. The predicted octanol–water partition coefficient (Wildman–Crippen LogP) is 2.00. The monoisotopic (exact) mass is 292 g/mol. The van der Waals surface area contributed by atoms with E-state index in [0.29, 0.717) is 17.5 Å². The number of hydrogen-bond donors (Lipinski definition) is 2. The summed E-state index contributed by atoms with van der Waals surface area (Å²) in [6, 6.07) is 6.22. The number of thioether (sulfide) groups is 1. The standard InChI is InChI=1S/C14H20N4OS/c1-4-18-13(19)16-17-14(18)20-8-12(15)11-7-9(2)5-6-10(11)3/h5-7,12H,4,8,15H2,1-3H3,(H,16,19). The molecule has 0 aliphatic heterocycles. The first kappa shape index (κ1) is 14.9. The molecule has 5 nitrogen and oxygen atoms in total. The maximum absolute atomic E-state index is 11.5. The number of H-pyrrole nitrogens is 1. The molecule has 0 saturated heterocycles. The molecule has 1 aromatic carbocycles. The van der Waals surface area contributed by atoms with Gasteiger partial charge in [0.1, 0.15) is 0 Å². The van der Waals surface area contributed by atoms with Crippen molar-refractivity contribution in [3.63, 3.8) is 0 Å². The molecule has 0 bridgehead atoms. The normalized spacial score (nSPS) is 12.6. The van der Waals surface area contributed by atoms with Crippen LogP contribution in [0.1, 0.15) is 29.7 Å². The van der Waals surface area contributed by atoms with E-state index in [1.54, 1.807) is 4.57 Å². The van der Waals surface area contributed by atoms with E-state index in [0.717, 1.165) is 5.56 Å². The second-order valence-electron chi connectivity index (χ2n) is 4.83. The Balaban J connectivity index is 2.10. The minimum atomic E-state index is -0.171. The average Bonchev–Trinajstić information content (AvgIpc) is 2.79. The van der Waals surface area contributed by atoms with Gasteiger partial charge in [0.05, 0.1) is 0 Å². The van der Waals surface area contributed by atoms with Crippen LogP contribution < -0.4 is 11.4 Å². The summed E-state index contributed by atoms with van der Waals surface area (Å²) >= 11 is 1.51. The van der Waals surface area contributed by atoms with Crippen LogP contribution in [0.3, 0.4) is 0 Å². The first-order valence-corrected chi connectivity index (χ1v) is 7.62. The highest BCUT2D eigenvalue weighted by atomic mass is 32.2. The minimum absolute atomic E-state index is 0.0722. The molecule has 1 unspecified atom stereocenters. The number of nitrogens with two attached hydrogens (primary N) is 1. The molecule has 20 heavy (non-hydrogen) atoms. The second kappa shape index (κ2) is 6.28. The van der Waals surface area contributed by atoms with Crippen LogP contribution in [0.4, 0.5) is 0 Å². The van der Waals surface area contributed by atoms with Gasteiger partial charge in [0, 0.05) is 18.3 Å². The third-order valence-electron chi connectivity index (χ3n) is 3.27. The SMILES string of the molecule is CCn1c(SCC(N)c2cc(C)ccc2C)n[nH]c1=O. The van der Waals surface area contributed by atoms with Crippen molar-refractivity contribution >= 4 is 11.8 Å². The van der Waals surface area contributed by atoms with Crippen molar-refractivity contribution in [3.05, 3.63) is 45.4 Å². The van der Waals surface area contributed by atoms with Gasteiger partial charge in [-0.05, 0) is 31.9 Å². The van der Waals surface area contributed by atoms with Crippen LogP contribution in [0, 0.1) is 13.8 Å². The lowest BCUT2D eigenvalue weighted by Crippen LogP contribution is -2.18. The second-order valence-corrected chi connectivity index (χ2v) is 5.82. The summed E-state index contributed by atoms with van der Waals surface area (Å²) in [6.07, 6.45) is 0. The summed E-state index contributed by atoms with van der Waals surface area (Å²) in [7, 11) is 0. The largest absolute Gasteiger partial charge is 0.343 e. The molecule has 2 rings (SSSR count). The Labute approximate surface area is 122 Å². The summed E-state index contributed by atoms with van der Waals surface area (Å²) in [5, 5.41) is 7.19. The van der Waals surface area contributed by atoms with Crippen LogP contribution in [-0.2, 0) is 6.54 Å². The van der Waals surface area contributed by atoms with Gasteiger partial charge in [-0.25, -0.2) is 9.89 Å². The Bertz CT molecular complexity index is 647. The minimum Gasteiger partial charge on any atom is -0.323 e. The quantitative estimate of drug-likeness (QED) is 0.826. The molecule has 2 aromatic rings. The first-order valence-electron chi connectivity index (χ1n) is 6.63. The summed E-state index contributed by atoms with van der Waals surface area (Å²) in [5.41, 5.74) is 9.64. The zero-order chi connectivity index (χ0) is 14.7. The van der Waals surface area contributed by atoms with Crippen LogP contribution in [0.25, 0.3) is 0 Å². The molecule has 0 aliphatic carbocycles. The maximum Gasteiger partial charge on any atom is 0.343 e. The van der Waals surface area contributed by atoms with Crippen LogP contribution >= 0.6 is 11.8 Å². The molecule has 1 heterocycles. The van der Waals surface area contributed by atoms with Gasteiger partial charge in [-0.15, -0.1) is 5.10 Å². The Kier molecular flexibility index (Phi) is 4.67. The van der Waals surface area contributed by atoms with Gasteiger partial charge < -0.3 is 5.73 Å². The summed E-state index contributed by atoms with van der Waals surface area (Å²) in [6.45, 7) is 6.66.